The van der Waals surface area contributed by atoms with Gasteiger partial charge in [-0.1, -0.05) is 6.07 Å². The summed E-state index contributed by atoms with van der Waals surface area (Å²) in [5.74, 6) is 0.266. The minimum atomic E-state index is -0.573. The summed E-state index contributed by atoms with van der Waals surface area (Å²) in [5.41, 5.74) is 15.7. The van der Waals surface area contributed by atoms with Crippen LogP contribution in [0.5, 0.6) is 5.75 Å². The van der Waals surface area contributed by atoms with Gasteiger partial charge in [-0.15, -0.1) is 0 Å². The number of nitrogen functional groups attached to an aromatic ring is 1. The smallest absolute Gasteiger partial charge is 0.148 e. The molecule has 1 aliphatic rings. The Bertz CT molecular complexity index is 1040. The summed E-state index contributed by atoms with van der Waals surface area (Å²) >= 11 is 0. The fourth-order valence-corrected chi connectivity index (χ4v) is 3.11. The summed E-state index contributed by atoms with van der Waals surface area (Å²) < 4.78 is 19.9. The van der Waals surface area contributed by atoms with Gasteiger partial charge in [0.15, 0.2) is 0 Å². The van der Waals surface area contributed by atoms with Crippen molar-refractivity contribution in [2.45, 2.75) is 19.7 Å². The Morgan fingerprint density at radius 2 is 2.04 bits per heavy atom. The zero-order valence-corrected chi connectivity index (χ0v) is 15.3. The second-order valence-corrected chi connectivity index (χ2v) is 6.57. The van der Waals surface area contributed by atoms with Crippen molar-refractivity contribution in [1.29, 1.82) is 0 Å². The minimum Gasteiger partial charge on any atom is -0.487 e. The van der Waals surface area contributed by atoms with E-state index in [4.69, 9.17) is 16.2 Å². The summed E-state index contributed by atoms with van der Waals surface area (Å²) in [6, 6.07) is 14.3. The van der Waals surface area contributed by atoms with Gasteiger partial charge in [-0.3, -0.25) is 9.98 Å². The maximum Gasteiger partial charge on any atom is 0.148 e. The number of hydrogen-bond acceptors (Lipinski definition) is 6. The molecule has 3 aromatic rings. The van der Waals surface area contributed by atoms with Gasteiger partial charge in [0.1, 0.15) is 24.3 Å². The number of aliphatic imine (C=N–C) groups is 1. The van der Waals surface area contributed by atoms with E-state index >= 15 is 0 Å². The van der Waals surface area contributed by atoms with E-state index in [9.17, 15) is 4.39 Å². The fourth-order valence-electron chi connectivity index (χ4n) is 3.11. The van der Waals surface area contributed by atoms with Crippen LogP contribution >= 0.6 is 0 Å². The van der Waals surface area contributed by atoms with Gasteiger partial charge in [-0.05, 0) is 48.9 Å². The maximum atomic E-state index is 14.1. The molecule has 0 fully saturated rings. The van der Waals surface area contributed by atoms with Crippen LogP contribution < -0.4 is 21.1 Å². The van der Waals surface area contributed by atoms with Crippen molar-refractivity contribution in [1.82, 2.24) is 4.98 Å². The Labute approximate surface area is 162 Å². The number of aryl methyl sites for hydroxylation is 1. The number of halogens is 1. The van der Waals surface area contributed by atoms with Crippen molar-refractivity contribution < 1.29 is 9.13 Å². The van der Waals surface area contributed by atoms with Crippen LogP contribution in [0.2, 0.25) is 0 Å². The van der Waals surface area contributed by atoms with E-state index < -0.39 is 12.0 Å². The standard InChI is InChI=1S/C21H20FN5O/c1-13-8-15(5-6-20(13)28-11-14-4-2-3-7-25-14)27-12-26-21(24)16-9-18(23)17(22)10-19(16)27/h2-10,12,21H,11,23-24H2,1H3. The molecule has 0 bridgehead atoms. The summed E-state index contributed by atoms with van der Waals surface area (Å²) in [6.45, 7) is 2.34. The second kappa shape index (κ2) is 7.28. The van der Waals surface area contributed by atoms with Gasteiger partial charge in [0, 0.05) is 23.5 Å². The zero-order chi connectivity index (χ0) is 19.7. The van der Waals surface area contributed by atoms with Crippen molar-refractivity contribution in [2.24, 2.45) is 10.7 Å². The van der Waals surface area contributed by atoms with Gasteiger partial charge in [-0.2, -0.15) is 0 Å². The first-order valence-corrected chi connectivity index (χ1v) is 8.83. The molecule has 1 atom stereocenters. The van der Waals surface area contributed by atoms with Gasteiger partial charge in [0.25, 0.3) is 0 Å². The number of benzene rings is 2. The second-order valence-electron chi connectivity index (χ2n) is 6.57. The average Bonchev–Trinajstić information content (AvgIpc) is 2.70. The number of fused-ring (bicyclic) bond motifs is 1. The molecule has 1 unspecified atom stereocenters. The van der Waals surface area contributed by atoms with Crippen molar-refractivity contribution in [2.75, 3.05) is 10.6 Å². The molecule has 0 spiro atoms. The number of aromatic nitrogens is 1. The van der Waals surface area contributed by atoms with E-state index in [2.05, 4.69) is 9.98 Å². The van der Waals surface area contributed by atoms with Crippen LogP contribution in [0.1, 0.15) is 23.0 Å². The molecule has 1 aliphatic heterocycles. The molecule has 6 nitrogen and oxygen atoms in total. The highest BCUT2D eigenvalue weighted by Gasteiger charge is 2.23. The highest BCUT2D eigenvalue weighted by Crippen LogP contribution is 2.37. The topological polar surface area (TPSA) is 89.8 Å². The fraction of sp³-hybridized carbons (Fsp3) is 0.143. The predicted molar refractivity (Wildman–Crippen MR) is 108 cm³/mol. The molecule has 2 heterocycles. The lowest BCUT2D eigenvalue weighted by molar-refractivity contribution is 0.299. The molecule has 4 N–H and O–H groups in total. The van der Waals surface area contributed by atoms with E-state index in [1.807, 2.05) is 43.3 Å². The van der Waals surface area contributed by atoms with Crippen molar-refractivity contribution in [3.8, 4) is 5.75 Å². The lowest BCUT2D eigenvalue weighted by atomic mass is 10.1. The molecule has 0 saturated carbocycles. The SMILES string of the molecule is Cc1cc(N2C=NC(N)c3cc(N)c(F)cc32)ccc1OCc1ccccn1. The van der Waals surface area contributed by atoms with Crippen molar-refractivity contribution in [3.05, 3.63) is 77.4 Å². The van der Waals surface area contributed by atoms with Crippen LogP contribution in [0.15, 0.2) is 59.7 Å². The van der Waals surface area contributed by atoms with Crippen molar-refractivity contribution >= 4 is 23.4 Å². The minimum absolute atomic E-state index is 0.0562. The van der Waals surface area contributed by atoms with E-state index in [0.717, 1.165) is 22.7 Å². The van der Waals surface area contributed by atoms with Gasteiger partial charge in [0.05, 0.1) is 23.4 Å². The third kappa shape index (κ3) is 3.39. The lowest BCUT2D eigenvalue weighted by Gasteiger charge is -2.29. The summed E-state index contributed by atoms with van der Waals surface area (Å²) in [5, 5.41) is 0. The molecule has 0 saturated heterocycles. The van der Waals surface area contributed by atoms with Crippen molar-refractivity contribution in [3.63, 3.8) is 0 Å². The average molecular weight is 377 g/mol. The highest BCUT2D eigenvalue weighted by atomic mass is 19.1. The van der Waals surface area contributed by atoms with Gasteiger partial charge < -0.3 is 21.1 Å². The van der Waals surface area contributed by atoms with Crippen LogP contribution in [0, 0.1) is 12.7 Å². The van der Waals surface area contributed by atoms with E-state index in [1.54, 1.807) is 17.4 Å². The van der Waals surface area contributed by atoms with Gasteiger partial charge in [-0.25, -0.2) is 4.39 Å². The summed E-state index contributed by atoms with van der Waals surface area (Å²) in [4.78, 5) is 10.3. The van der Waals surface area contributed by atoms with E-state index in [1.165, 1.54) is 12.1 Å². The number of rotatable bonds is 4. The molecule has 142 valence electrons. The van der Waals surface area contributed by atoms with Crippen LogP contribution in [-0.4, -0.2) is 11.3 Å². The number of ether oxygens (including phenoxy) is 1. The number of hydrogen-bond donors (Lipinski definition) is 2. The normalized spacial score (nSPS) is 15.4. The first-order chi connectivity index (χ1) is 13.5. The lowest BCUT2D eigenvalue weighted by Crippen LogP contribution is -2.25. The number of nitrogens with two attached hydrogens (primary N) is 2. The van der Waals surface area contributed by atoms with Crippen LogP contribution in [0.3, 0.4) is 0 Å². The third-order valence-electron chi connectivity index (χ3n) is 4.61. The van der Waals surface area contributed by atoms with Gasteiger partial charge >= 0.3 is 0 Å². The third-order valence-corrected chi connectivity index (χ3v) is 4.61. The Morgan fingerprint density at radius 3 is 2.79 bits per heavy atom. The largest absolute Gasteiger partial charge is 0.487 e. The molecule has 0 radical (unpaired) electrons. The quantitative estimate of drug-likeness (QED) is 0.675. The van der Waals surface area contributed by atoms with Gasteiger partial charge in [0.2, 0.25) is 0 Å². The van der Waals surface area contributed by atoms with Crippen LogP contribution in [0.4, 0.5) is 21.5 Å². The Balaban J connectivity index is 1.61. The molecule has 2 aromatic carbocycles. The monoisotopic (exact) mass is 377 g/mol. The molecule has 0 amide bonds. The molecular formula is C21H20FN5O. The number of anilines is 3. The number of nitrogens with zero attached hydrogens (tertiary/aromatic N) is 3. The maximum absolute atomic E-state index is 14.1. The van der Waals surface area contributed by atoms with E-state index in [0.29, 0.717) is 17.9 Å². The number of pyridine rings is 1. The molecular weight excluding hydrogens is 357 g/mol. The Morgan fingerprint density at radius 1 is 1.18 bits per heavy atom. The molecule has 4 rings (SSSR count). The summed E-state index contributed by atoms with van der Waals surface area (Å²) in [6.07, 6.45) is 2.76. The van der Waals surface area contributed by atoms with Crippen LogP contribution in [0.25, 0.3) is 0 Å². The first-order valence-electron chi connectivity index (χ1n) is 8.83. The summed E-state index contributed by atoms with van der Waals surface area (Å²) in [7, 11) is 0. The molecule has 28 heavy (non-hydrogen) atoms. The molecule has 1 aromatic heterocycles. The highest BCUT2D eigenvalue weighted by molar-refractivity contribution is 5.93. The predicted octanol–water partition coefficient (Wildman–Crippen LogP) is 3.83. The van der Waals surface area contributed by atoms with E-state index in [-0.39, 0.29) is 5.69 Å². The Kier molecular flexibility index (Phi) is 4.67. The first kappa shape index (κ1) is 17.9. The van der Waals surface area contributed by atoms with Crippen LogP contribution in [-0.2, 0) is 6.61 Å². The molecule has 0 aliphatic carbocycles. The molecule has 7 heteroatoms. The zero-order valence-electron chi connectivity index (χ0n) is 15.3. The Hall–Kier alpha value is -3.45.